The molecule has 1 aliphatic heterocycles. The first-order chi connectivity index (χ1) is 24.2. The van der Waals surface area contributed by atoms with Gasteiger partial charge in [-0.2, -0.15) is 4.98 Å². The number of benzene rings is 1. The zero-order valence-electron chi connectivity index (χ0n) is 32.3. The van der Waals surface area contributed by atoms with Crippen LogP contribution in [0.5, 0.6) is 0 Å². The number of esters is 1. The summed E-state index contributed by atoms with van der Waals surface area (Å²) in [5.74, 6) is 3.68. The van der Waals surface area contributed by atoms with E-state index in [-0.39, 0.29) is 45.2 Å². The first-order valence-electron chi connectivity index (χ1n) is 20.2. The number of amides is 1. The number of rotatable bonds is 5. The molecule has 51 heavy (non-hydrogen) atoms. The summed E-state index contributed by atoms with van der Waals surface area (Å²) in [4.78, 5) is 34.5. The molecule has 0 bridgehead atoms. The van der Waals surface area contributed by atoms with E-state index in [1.165, 1.54) is 31.3 Å². The van der Waals surface area contributed by atoms with Crippen molar-refractivity contribution in [3.05, 3.63) is 48.4 Å². The van der Waals surface area contributed by atoms with E-state index in [1.54, 1.807) is 6.92 Å². The molecule has 1 saturated heterocycles. The summed E-state index contributed by atoms with van der Waals surface area (Å²) >= 11 is 0. The van der Waals surface area contributed by atoms with Crippen LogP contribution in [-0.4, -0.2) is 39.6 Å². The zero-order chi connectivity index (χ0) is 36.1. The van der Waals surface area contributed by atoms with Gasteiger partial charge in [-0.15, -0.1) is 0 Å². The van der Waals surface area contributed by atoms with Crippen LogP contribution in [0.2, 0.25) is 0 Å². The highest BCUT2D eigenvalue weighted by Crippen LogP contribution is 2.78. The number of carbonyl (C=O) groups is 2. The van der Waals surface area contributed by atoms with Gasteiger partial charge in [0, 0.05) is 24.4 Å². The monoisotopic (exact) mass is 695 g/mol. The van der Waals surface area contributed by atoms with Gasteiger partial charge >= 0.3 is 5.97 Å². The zero-order valence-corrected chi connectivity index (χ0v) is 32.3. The fraction of sp³-hybridized carbons (Fsp3) is 0.727. The van der Waals surface area contributed by atoms with Gasteiger partial charge in [0.2, 0.25) is 17.6 Å². The Morgan fingerprint density at radius 1 is 0.863 bits per heavy atom. The van der Waals surface area contributed by atoms with E-state index in [1.807, 2.05) is 30.3 Å². The molecule has 0 N–H and O–H groups in total. The third kappa shape index (κ3) is 4.94. The second-order valence-electron chi connectivity index (χ2n) is 19.3. The average molecular weight is 696 g/mol. The number of carbonyl (C=O) groups excluding carboxylic acids is 2. The summed E-state index contributed by atoms with van der Waals surface area (Å²) in [5.41, 5.74) is 2.32. The lowest BCUT2D eigenvalue weighted by atomic mass is 9.32. The Hall–Kier alpha value is -2.96. The van der Waals surface area contributed by atoms with Crippen LogP contribution in [0, 0.1) is 56.7 Å². The topological polar surface area (TPSA) is 85.5 Å². The fourth-order valence-electron chi connectivity index (χ4n) is 14.5. The number of ether oxygens (including phenoxy) is 1. The number of nitrogens with zero attached hydrogens (tertiary/aromatic N) is 3. The molecule has 1 amide bonds. The lowest BCUT2D eigenvalue weighted by Gasteiger charge is -2.73. The highest BCUT2D eigenvalue weighted by molar-refractivity contribution is 5.84. The van der Waals surface area contributed by atoms with Gasteiger partial charge in [-0.25, -0.2) is 0 Å². The maximum absolute atomic E-state index is 15.4. The Morgan fingerprint density at radius 2 is 1.63 bits per heavy atom. The predicted octanol–water partition coefficient (Wildman–Crippen LogP) is 9.99. The summed E-state index contributed by atoms with van der Waals surface area (Å²) in [5, 5.41) is 4.35. The lowest BCUT2D eigenvalue weighted by molar-refractivity contribution is -0.249. The molecule has 11 atom stereocenters. The van der Waals surface area contributed by atoms with Crippen LogP contribution in [0.15, 0.2) is 47.0 Å². The number of hydrogen-bond donors (Lipinski definition) is 0. The van der Waals surface area contributed by atoms with Gasteiger partial charge in [0.05, 0.1) is 5.41 Å². The van der Waals surface area contributed by atoms with E-state index in [0.29, 0.717) is 47.2 Å². The molecule has 1 aromatic heterocycles. The number of fused-ring (bicyclic) bond motifs is 7. The smallest absolute Gasteiger partial charge is 0.302 e. The third-order valence-corrected chi connectivity index (χ3v) is 17.0. The molecular formula is C44H61N3O4. The van der Waals surface area contributed by atoms with Gasteiger partial charge < -0.3 is 14.2 Å². The van der Waals surface area contributed by atoms with Crippen molar-refractivity contribution in [1.29, 1.82) is 0 Å². The number of likely N-dealkylation sites (tertiary alicyclic amines) is 1. The molecule has 7 heteroatoms. The van der Waals surface area contributed by atoms with Crippen LogP contribution in [0.1, 0.15) is 137 Å². The van der Waals surface area contributed by atoms with Crippen LogP contribution < -0.4 is 0 Å². The second-order valence-corrected chi connectivity index (χ2v) is 19.3. The molecule has 8 rings (SSSR count). The maximum Gasteiger partial charge on any atom is 0.302 e. The number of hydrogen-bond acceptors (Lipinski definition) is 6. The van der Waals surface area contributed by atoms with E-state index in [0.717, 1.165) is 63.5 Å². The van der Waals surface area contributed by atoms with Crippen LogP contribution in [0.3, 0.4) is 0 Å². The minimum atomic E-state index is -0.368. The molecule has 1 unspecified atom stereocenters. The third-order valence-electron chi connectivity index (χ3n) is 17.0. The Balaban J connectivity index is 1.11. The second kappa shape index (κ2) is 12.0. The fourth-order valence-corrected chi connectivity index (χ4v) is 14.5. The standard InChI is InChI=1S/C44H61N3O4/c1-27(2)30-18-23-44(39(49)47-26-12-15-32(47)38-45-37(46-51-38)29-13-10-9-11-14-29)25-24-42(7)31(36(30)44)16-17-34-41(6)21-20-35(50-28(3)48)40(4,5)33(41)19-22-43(34,42)8/h9-11,13-14,30-36H,1,12,15-26H2,2-8H3/t30-,31+,32?,33-,34+,35-,36+,41-,42+,43+,44-/m0/s1. The van der Waals surface area contributed by atoms with Crippen LogP contribution in [-0.2, 0) is 14.3 Å². The molecule has 2 heterocycles. The molecule has 5 saturated carbocycles. The average Bonchev–Trinajstić information content (AvgIpc) is 3.85. The van der Waals surface area contributed by atoms with Crippen molar-refractivity contribution in [1.82, 2.24) is 15.0 Å². The van der Waals surface area contributed by atoms with Crippen molar-refractivity contribution < 1.29 is 18.8 Å². The molecule has 0 spiro atoms. The minimum absolute atomic E-state index is 0.00743. The summed E-state index contributed by atoms with van der Waals surface area (Å²) in [7, 11) is 0. The van der Waals surface area contributed by atoms with Crippen molar-refractivity contribution in [2.75, 3.05) is 6.54 Å². The normalized spacial score (nSPS) is 42.6. The SMILES string of the molecule is C=C(C)[C@@H]1CC[C@]2(C(=O)N3CCCC3c3nc(-c4ccccc4)no3)CC[C@]3(C)[C@H](CC[C@@H]4[C@@]5(C)CC[C@H](OC(C)=O)C(C)(C)[C@@H]5CC[C@]43C)[C@@H]12. The molecule has 6 fully saturated rings. The summed E-state index contributed by atoms with van der Waals surface area (Å²) in [6, 6.07) is 9.81. The van der Waals surface area contributed by atoms with E-state index in [9.17, 15) is 4.79 Å². The first-order valence-corrected chi connectivity index (χ1v) is 20.2. The Morgan fingerprint density at radius 3 is 2.35 bits per heavy atom. The highest BCUT2D eigenvalue weighted by Gasteiger charge is 2.72. The summed E-state index contributed by atoms with van der Waals surface area (Å²) in [6.45, 7) is 21.8. The van der Waals surface area contributed by atoms with E-state index in [2.05, 4.69) is 58.2 Å². The van der Waals surface area contributed by atoms with E-state index >= 15 is 4.79 Å². The highest BCUT2D eigenvalue weighted by atomic mass is 16.5. The van der Waals surface area contributed by atoms with Crippen LogP contribution in [0.25, 0.3) is 11.4 Å². The number of allylic oxidation sites excluding steroid dienone is 1. The first kappa shape index (κ1) is 35.1. The van der Waals surface area contributed by atoms with Crippen molar-refractivity contribution in [2.24, 2.45) is 56.7 Å². The molecule has 2 aromatic rings. The van der Waals surface area contributed by atoms with Gasteiger partial charge in [0.1, 0.15) is 12.1 Å². The predicted molar refractivity (Wildman–Crippen MR) is 198 cm³/mol. The molecule has 276 valence electrons. The van der Waals surface area contributed by atoms with Gasteiger partial charge in [0.25, 0.3) is 0 Å². The molecule has 0 radical (unpaired) electrons. The van der Waals surface area contributed by atoms with Gasteiger partial charge in [0.15, 0.2) is 0 Å². The molecule has 5 aliphatic carbocycles. The molecule has 7 nitrogen and oxygen atoms in total. The van der Waals surface area contributed by atoms with Crippen molar-refractivity contribution in [3.63, 3.8) is 0 Å². The molecular weight excluding hydrogens is 635 g/mol. The van der Waals surface area contributed by atoms with Crippen molar-refractivity contribution in [2.45, 2.75) is 138 Å². The maximum atomic E-state index is 15.4. The van der Waals surface area contributed by atoms with E-state index < -0.39 is 0 Å². The summed E-state index contributed by atoms with van der Waals surface area (Å²) in [6.07, 6.45) is 12.8. The minimum Gasteiger partial charge on any atom is -0.462 e. The summed E-state index contributed by atoms with van der Waals surface area (Å²) < 4.78 is 11.9. The van der Waals surface area contributed by atoms with Crippen molar-refractivity contribution in [3.8, 4) is 11.4 Å². The van der Waals surface area contributed by atoms with Crippen LogP contribution in [0.4, 0.5) is 0 Å². The van der Waals surface area contributed by atoms with Crippen molar-refractivity contribution >= 4 is 11.9 Å². The van der Waals surface area contributed by atoms with E-state index in [4.69, 9.17) is 14.2 Å². The van der Waals surface area contributed by atoms with Gasteiger partial charge in [-0.05, 0) is 130 Å². The Kier molecular flexibility index (Phi) is 8.28. The number of aromatic nitrogens is 2. The lowest BCUT2D eigenvalue weighted by Crippen LogP contribution is -2.67. The molecule has 6 aliphatic rings. The quantitative estimate of drug-likeness (QED) is 0.229. The Bertz CT molecular complexity index is 1700. The Labute approximate surface area is 305 Å². The van der Waals surface area contributed by atoms with Crippen LogP contribution >= 0.6 is 0 Å². The van der Waals surface area contributed by atoms with Gasteiger partial charge in [-0.3, -0.25) is 9.59 Å². The molecule has 1 aromatic carbocycles. The van der Waals surface area contributed by atoms with Gasteiger partial charge in [-0.1, -0.05) is 82.3 Å². The largest absolute Gasteiger partial charge is 0.462 e.